The molecule has 1 amide bonds. The fourth-order valence-corrected chi connectivity index (χ4v) is 2.63. The second kappa shape index (κ2) is 9.52. The summed E-state index contributed by atoms with van der Waals surface area (Å²) in [7, 11) is 1.61. The van der Waals surface area contributed by atoms with Crippen LogP contribution in [0.2, 0.25) is 10.0 Å². The molecule has 0 saturated heterocycles. The van der Waals surface area contributed by atoms with Crippen molar-refractivity contribution < 1.29 is 14.3 Å². The molecule has 128 valence electrons. The number of rotatable bonds is 8. The van der Waals surface area contributed by atoms with Crippen molar-refractivity contribution >= 4 is 29.1 Å². The number of carbonyl (C=O) groups excluding carboxylic acids is 1. The van der Waals surface area contributed by atoms with E-state index in [1.54, 1.807) is 31.4 Å². The van der Waals surface area contributed by atoms with Crippen molar-refractivity contribution in [3.8, 4) is 5.75 Å². The van der Waals surface area contributed by atoms with E-state index in [-0.39, 0.29) is 5.91 Å². The third kappa shape index (κ3) is 5.41. The summed E-state index contributed by atoms with van der Waals surface area (Å²) in [6, 6.07) is 12.5. The van der Waals surface area contributed by atoms with Crippen LogP contribution in [0.1, 0.15) is 22.3 Å². The highest BCUT2D eigenvalue weighted by atomic mass is 35.5. The summed E-state index contributed by atoms with van der Waals surface area (Å²) in [4.78, 5) is 12.2. The first-order chi connectivity index (χ1) is 11.6. The topological polar surface area (TPSA) is 47.6 Å². The van der Waals surface area contributed by atoms with Crippen LogP contribution in [0.25, 0.3) is 0 Å². The van der Waals surface area contributed by atoms with Gasteiger partial charge in [0.2, 0.25) is 0 Å². The Balaban J connectivity index is 1.77. The Labute approximate surface area is 151 Å². The van der Waals surface area contributed by atoms with E-state index in [2.05, 4.69) is 5.32 Å². The van der Waals surface area contributed by atoms with E-state index in [4.69, 9.17) is 32.7 Å². The van der Waals surface area contributed by atoms with E-state index in [9.17, 15) is 4.79 Å². The summed E-state index contributed by atoms with van der Waals surface area (Å²) in [6.45, 7) is 1.36. The van der Waals surface area contributed by atoms with Gasteiger partial charge in [0.15, 0.2) is 0 Å². The second-order valence-corrected chi connectivity index (χ2v) is 5.97. The molecule has 0 heterocycles. The van der Waals surface area contributed by atoms with Gasteiger partial charge in [0.1, 0.15) is 5.75 Å². The molecule has 0 aliphatic carbocycles. The highest BCUT2D eigenvalue weighted by molar-refractivity contribution is 6.35. The van der Waals surface area contributed by atoms with Crippen LogP contribution in [-0.4, -0.2) is 26.2 Å². The van der Waals surface area contributed by atoms with Crippen molar-refractivity contribution in [2.75, 3.05) is 20.3 Å². The number of amides is 1. The minimum atomic E-state index is -0.118. The van der Waals surface area contributed by atoms with Crippen molar-refractivity contribution in [1.82, 2.24) is 5.32 Å². The smallest absolute Gasteiger partial charge is 0.251 e. The molecule has 0 aromatic heterocycles. The lowest BCUT2D eigenvalue weighted by molar-refractivity contribution is 0.0946. The predicted molar refractivity (Wildman–Crippen MR) is 96.1 cm³/mol. The van der Waals surface area contributed by atoms with Crippen LogP contribution in [0.15, 0.2) is 42.5 Å². The molecule has 0 saturated carbocycles. The largest absolute Gasteiger partial charge is 0.492 e. The first-order valence-electron chi connectivity index (χ1n) is 7.54. The molecular weight excluding hydrogens is 349 g/mol. The average molecular weight is 368 g/mol. The van der Waals surface area contributed by atoms with Gasteiger partial charge in [0.25, 0.3) is 5.91 Å². The molecule has 6 heteroatoms. The van der Waals surface area contributed by atoms with E-state index in [1.165, 1.54) is 0 Å². The Hall–Kier alpha value is -1.75. The maximum atomic E-state index is 12.2. The van der Waals surface area contributed by atoms with Gasteiger partial charge in [-0.05, 0) is 36.2 Å². The molecule has 0 fully saturated rings. The van der Waals surface area contributed by atoms with E-state index in [0.717, 1.165) is 5.56 Å². The zero-order valence-corrected chi connectivity index (χ0v) is 14.9. The highest BCUT2D eigenvalue weighted by Crippen LogP contribution is 2.27. The van der Waals surface area contributed by atoms with Crippen molar-refractivity contribution in [3.05, 3.63) is 63.6 Å². The van der Waals surface area contributed by atoms with Crippen molar-refractivity contribution in [1.29, 1.82) is 0 Å². The molecule has 0 aliphatic heterocycles. The lowest BCUT2D eigenvalue weighted by Gasteiger charge is -2.11. The van der Waals surface area contributed by atoms with Gasteiger partial charge in [0, 0.05) is 24.2 Å². The first-order valence-corrected chi connectivity index (χ1v) is 8.30. The van der Waals surface area contributed by atoms with E-state index in [0.29, 0.717) is 47.5 Å². The van der Waals surface area contributed by atoms with Gasteiger partial charge < -0.3 is 14.8 Å². The summed E-state index contributed by atoms with van der Waals surface area (Å²) < 4.78 is 10.7. The van der Waals surface area contributed by atoms with Crippen molar-refractivity contribution in [3.63, 3.8) is 0 Å². The SMILES string of the molecule is COCc1ccccc1C(=O)NCCCOc1ccc(Cl)cc1Cl. The number of nitrogens with one attached hydrogen (secondary N) is 1. The second-order valence-electron chi connectivity index (χ2n) is 5.12. The molecule has 2 rings (SSSR count). The maximum Gasteiger partial charge on any atom is 0.251 e. The Bertz CT molecular complexity index is 692. The summed E-state index contributed by atoms with van der Waals surface area (Å²) >= 11 is 11.9. The number of ether oxygens (including phenoxy) is 2. The summed E-state index contributed by atoms with van der Waals surface area (Å²) in [6.07, 6.45) is 0.664. The van der Waals surface area contributed by atoms with Crippen LogP contribution in [0.4, 0.5) is 0 Å². The fourth-order valence-electron chi connectivity index (χ4n) is 2.17. The number of halogens is 2. The minimum Gasteiger partial charge on any atom is -0.492 e. The molecule has 24 heavy (non-hydrogen) atoms. The van der Waals surface area contributed by atoms with Gasteiger partial charge in [-0.1, -0.05) is 41.4 Å². The molecule has 1 N–H and O–H groups in total. The lowest BCUT2D eigenvalue weighted by Crippen LogP contribution is -2.26. The van der Waals surface area contributed by atoms with Gasteiger partial charge in [0.05, 0.1) is 18.2 Å². The lowest BCUT2D eigenvalue weighted by atomic mass is 10.1. The normalized spacial score (nSPS) is 10.5. The number of hydrogen-bond acceptors (Lipinski definition) is 3. The molecule has 0 bridgehead atoms. The maximum absolute atomic E-state index is 12.2. The number of methoxy groups -OCH3 is 1. The number of benzene rings is 2. The predicted octanol–water partition coefficient (Wildman–Crippen LogP) is 4.34. The molecular formula is C18H19Cl2NO3. The monoisotopic (exact) mass is 367 g/mol. The molecule has 0 atom stereocenters. The van der Waals surface area contributed by atoms with Crippen LogP contribution in [-0.2, 0) is 11.3 Å². The summed E-state index contributed by atoms with van der Waals surface area (Å²) in [5.41, 5.74) is 1.49. The first kappa shape index (κ1) is 18.6. The van der Waals surface area contributed by atoms with E-state index < -0.39 is 0 Å². The quantitative estimate of drug-likeness (QED) is 0.706. The van der Waals surface area contributed by atoms with Crippen molar-refractivity contribution in [2.45, 2.75) is 13.0 Å². The van der Waals surface area contributed by atoms with Gasteiger partial charge in [-0.3, -0.25) is 4.79 Å². The van der Waals surface area contributed by atoms with E-state index >= 15 is 0 Å². The zero-order valence-electron chi connectivity index (χ0n) is 13.4. The molecule has 2 aromatic rings. The zero-order chi connectivity index (χ0) is 17.4. The van der Waals surface area contributed by atoms with Crippen LogP contribution < -0.4 is 10.1 Å². The van der Waals surface area contributed by atoms with E-state index in [1.807, 2.05) is 18.2 Å². The minimum absolute atomic E-state index is 0.118. The van der Waals surface area contributed by atoms with Crippen LogP contribution in [0.5, 0.6) is 5.75 Å². The average Bonchev–Trinajstić information content (AvgIpc) is 2.57. The van der Waals surface area contributed by atoms with Crippen molar-refractivity contribution in [2.24, 2.45) is 0 Å². The molecule has 4 nitrogen and oxygen atoms in total. The summed E-state index contributed by atoms with van der Waals surface area (Å²) in [5, 5.41) is 3.92. The fraction of sp³-hybridized carbons (Fsp3) is 0.278. The Morgan fingerprint density at radius 3 is 2.71 bits per heavy atom. The molecule has 0 aliphatic rings. The number of carbonyl (C=O) groups is 1. The summed E-state index contributed by atoms with van der Waals surface area (Å²) in [5.74, 6) is 0.463. The number of hydrogen-bond donors (Lipinski definition) is 1. The Morgan fingerprint density at radius 2 is 1.96 bits per heavy atom. The van der Waals surface area contributed by atoms with Gasteiger partial charge in [-0.2, -0.15) is 0 Å². The molecule has 0 unspecified atom stereocenters. The molecule has 0 spiro atoms. The van der Waals surface area contributed by atoms with Crippen LogP contribution in [0, 0.1) is 0 Å². The van der Waals surface area contributed by atoms with Crippen LogP contribution in [0.3, 0.4) is 0 Å². The third-order valence-electron chi connectivity index (χ3n) is 3.32. The Kier molecular flexibility index (Phi) is 7.37. The standard InChI is InChI=1S/C18H19Cl2NO3/c1-23-12-13-5-2-3-6-15(13)18(22)21-9-4-10-24-17-8-7-14(19)11-16(17)20/h2-3,5-8,11H,4,9-10,12H2,1H3,(H,21,22). The van der Waals surface area contributed by atoms with Crippen LogP contribution >= 0.6 is 23.2 Å². The molecule has 2 aromatic carbocycles. The highest BCUT2D eigenvalue weighted by Gasteiger charge is 2.10. The molecule has 0 radical (unpaired) electrons. The Morgan fingerprint density at radius 1 is 1.17 bits per heavy atom. The van der Waals surface area contributed by atoms with Gasteiger partial charge in [-0.25, -0.2) is 0 Å². The third-order valence-corrected chi connectivity index (χ3v) is 3.85. The van der Waals surface area contributed by atoms with Gasteiger partial charge in [-0.15, -0.1) is 0 Å². The van der Waals surface area contributed by atoms with Gasteiger partial charge >= 0.3 is 0 Å².